The van der Waals surface area contributed by atoms with Gasteiger partial charge in [-0.05, 0) is 118 Å². The Morgan fingerprint density at radius 2 is 1.67 bits per heavy atom. The molecule has 2 aromatic rings. The second-order valence-corrected chi connectivity index (χ2v) is 14.2. The maximum Gasteiger partial charge on any atom is 0.341 e. The van der Waals surface area contributed by atoms with Crippen LogP contribution in [0.15, 0.2) is 29.2 Å². The molecular weight excluding hydrogens is 515 g/mol. The molecule has 4 fully saturated rings. The summed E-state index contributed by atoms with van der Waals surface area (Å²) in [6, 6.07) is 6.68. The first-order valence-corrected chi connectivity index (χ1v) is 15.4. The summed E-state index contributed by atoms with van der Waals surface area (Å²) in [5.41, 5.74) is 2.02. The Morgan fingerprint density at radius 3 is 2.28 bits per heavy atom. The highest BCUT2D eigenvalue weighted by Crippen LogP contribution is 2.56. The molecule has 7 nitrogen and oxygen atoms in total. The summed E-state index contributed by atoms with van der Waals surface area (Å²) in [7, 11) is -2.22. The van der Waals surface area contributed by atoms with Crippen molar-refractivity contribution in [3.63, 3.8) is 0 Å². The fraction of sp³-hybridized carbons (Fsp3) is 0.538. The lowest BCUT2D eigenvalue weighted by Gasteiger charge is -2.56. The van der Waals surface area contributed by atoms with Gasteiger partial charge in [-0.3, -0.25) is 0 Å². The van der Waals surface area contributed by atoms with Crippen molar-refractivity contribution in [1.82, 2.24) is 4.72 Å². The summed E-state index contributed by atoms with van der Waals surface area (Å²) >= 11 is 7.02. The van der Waals surface area contributed by atoms with Crippen LogP contribution in [0.1, 0.15) is 65.7 Å². The van der Waals surface area contributed by atoms with E-state index in [4.69, 9.17) is 17.0 Å². The number of methoxy groups -OCH3 is 1. The van der Waals surface area contributed by atoms with Crippen LogP contribution in [0.5, 0.6) is 0 Å². The molecule has 1 heterocycles. The lowest BCUT2D eigenvalue weighted by Crippen LogP contribution is -2.59. The topological polar surface area (TPSA) is 96.5 Å². The van der Waals surface area contributed by atoms with Gasteiger partial charge in [0.1, 0.15) is 5.00 Å². The van der Waals surface area contributed by atoms with Crippen LogP contribution in [0.3, 0.4) is 0 Å². The number of hydrogen-bond acceptors (Lipinski definition) is 6. The van der Waals surface area contributed by atoms with E-state index in [1.54, 1.807) is 24.3 Å². The first-order valence-electron chi connectivity index (χ1n) is 12.7. The van der Waals surface area contributed by atoms with Gasteiger partial charge in [0.25, 0.3) is 0 Å². The van der Waals surface area contributed by atoms with Crippen molar-refractivity contribution in [2.24, 2.45) is 17.8 Å². The minimum atomic E-state index is -3.61. The van der Waals surface area contributed by atoms with Gasteiger partial charge in [0, 0.05) is 16.1 Å². The summed E-state index contributed by atoms with van der Waals surface area (Å²) < 4.78 is 34.7. The Kier molecular flexibility index (Phi) is 6.13. The van der Waals surface area contributed by atoms with E-state index in [0.717, 1.165) is 44.1 Å². The molecule has 36 heavy (non-hydrogen) atoms. The Balaban J connectivity index is 1.13. The Morgan fingerprint density at radius 1 is 1.03 bits per heavy atom. The van der Waals surface area contributed by atoms with Crippen LogP contribution in [0, 0.1) is 17.8 Å². The zero-order valence-electron chi connectivity index (χ0n) is 20.3. The van der Waals surface area contributed by atoms with Gasteiger partial charge in [0.2, 0.25) is 10.0 Å². The summed E-state index contributed by atoms with van der Waals surface area (Å²) in [5, 5.41) is 7.26. The predicted octanol–water partition coefficient (Wildman–Crippen LogP) is 5.08. The van der Waals surface area contributed by atoms with Gasteiger partial charge in [0.15, 0.2) is 5.11 Å². The normalized spacial score (nSPS) is 28.1. The number of sulfonamides is 1. The van der Waals surface area contributed by atoms with Gasteiger partial charge < -0.3 is 15.4 Å². The van der Waals surface area contributed by atoms with Crippen molar-refractivity contribution in [3.8, 4) is 0 Å². The number of thiocarbonyl (C=S) groups is 1. The smallest absolute Gasteiger partial charge is 0.341 e. The maximum absolute atomic E-state index is 13.3. The quantitative estimate of drug-likeness (QED) is 0.344. The average molecular weight is 546 g/mol. The van der Waals surface area contributed by atoms with Crippen molar-refractivity contribution in [1.29, 1.82) is 0 Å². The second-order valence-electron chi connectivity index (χ2n) is 11.0. The monoisotopic (exact) mass is 545 g/mol. The van der Waals surface area contributed by atoms with Gasteiger partial charge in [0.05, 0.1) is 17.6 Å². The van der Waals surface area contributed by atoms with E-state index >= 15 is 0 Å². The van der Waals surface area contributed by atoms with Crippen molar-refractivity contribution in [3.05, 3.63) is 40.3 Å². The van der Waals surface area contributed by atoms with Crippen LogP contribution >= 0.6 is 23.6 Å². The molecule has 0 spiro atoms. The largest absolute Gasteiger partial charge is 0.465 e. The number of thiophene rings is 1. The van der Waals surface area contributed by atoms with Gasteiger partial charge >= 0.3 is 5.97 Å². The first-order chi connectivity index (χ1) is 17.2. The molecule has 10 heteroatoms. The molecule has 0 saturated heterocycles. The summed E-state index contributed by atoms with van der Waals surface area (Å²) in [4.78, 5) is 13.8. The molecule has 4 saturated carbocycles. The molecule has 7 rings (SSSR count). The second kappa shape index (κ2) is 9.08. The number of nitrogens with one attached hydrogen (secondary N) is 3. The van der Waals surface area contributed by atoms with E-state index in [9.17, 15) is 13.2 Å². The van der Waals surface area contributed by atoms with Crippen molar-refractivity contribution in [2.45, 2.75) is 68.2 Å². The number of hydrogen-bond donors (Lipinski definition) is 3. The van der Waals surface area contributed by atoms with Crippen molar-refractivity contribution in [2.75, 3.05) is 17.7 Å². The van der Waals surface area contributed by atoms with Gasteiger partial charge in [-0.2, -0.15) is 0 Å². The van der Waals surface area contributed by atoms with Gasteiger partial charge in [-0.15, -0.1) is 11.3 Å². The highest BCUT2D eigenvalue weighted by Gasteiger charge is 2.52. The number of esters is 1. The number of anilines is 2. The molecule has 0 unspecified atom stereocenters. The maximum atomic E-state index is 13.3. The summed E-state index contributed by atoms with van der Waals surface area (Å²) in [5.74, 6) is 1.65. The molecule has 5 aliphatic rings. The first kappa shape index (κ1) is 24.3. The number of rotatable bonds is 6. The number of fused-ring (bicyclic) bond motifs is 1. The summed E-state index contributed by atoms with van der Waals surface area (Å²) in [6.07, 6.45) is 9.58. The van der Waals surface area contributed by atoms with Crippen molar-refractivity contribution >= 4 is 55.3 Å². The van der Waals surface area contributed by atoms with E-state index in [0.29, 0.717) is 39.1 Å². The molecule has 5 aliphatic carbocycles. The highest BCUT2D eigenvalue weighted by atomic mass is 32.2. The van der Waals surface area contributed by atoms with E-state index < -0.39 is 10.0 Å². The zero-order valence-corrected chi connectivity index (χ0v) is 22.7. The zero-order chi connectivity index (χ0) is 25.1. The third-order valence-electron chi connectivity index (χ3n) is 8.35. The lowest BCUT2D eigenvalue weighted by molar-refractivity contribution is -0.00810. The van der Waals surface area contributed by atoms with Crippen LogP contribution < -0.4 is 15.4 Å². The molecule has 3 N–H and O–H groups in total. The fourth-order valence-electron chi connectivity index (χ4n) is 7.37. The SMILES string of the molecule is COC(=O)c1c(NC(=S)Nc2ccc(S(=O)(=O)NC34CC5CC(CC(C5)C3)C4)cc2)sc2c1CCC2. The molecule has 0 atom stereocenters. The molecule has 1 aromatic carbocycles. The van der Waals surface area contributed by atoms with Gasteiger partial charge in [-0.25, -0.2) is 17.9 Å². The number of benzene rings is 1. The minimum absolute atomic E-state index is 0.269. The number of carbonyl (C=O) groups excluding carboxylic acids is 1. The number of carbonyl (C=O) groups is 1. The van der Waals surface area contributed by atoms with E-state index in [2.05, 4.69) is 15.4 Å². The highest BCUT2D eigenvalue weighted by molar-refractivity contribution is 7.89. The summed E-state index contributed by atoms with van der Waals surface area (Å²) in [6.45, 7) is 0. The van der Waals surface area contributed by atoms with E-state index in [-0.39, 0.29) is 16.4 Å². The minimum Gasteiger partial charge on any atom is -0.465 e. The molecular formula is C26H31N3O4S3. The standard InChI is InChI=1S/C26H31N3O4S3/c1-33-24(30)22-20-3-2-4-21(20)35-23(22)28-25(34)27-18-5-7-19(8-6-18)36(31,32)29-26-12-15-9-16(13-26)11-17(10-15)14-26/h5-8,15-17,29H,2-4,9-14H2,1H3,(H2,27,28,34). The van der Waals surface area contributed by atoms with Crippen molar-refractivity contribution < 1.29 is 17.9 Å². The van der Waals surface area contributed by atoms with Gasteiger partial charge in [-0.1, -0.05) is 0 Å². The third-order valence-corrected chi connectivity index (χ3v) is 11.4. The molecule has 0 amide bonds. The average Bonchev–Trinajstić information content (AvgIpc) is 3.38. The predicted molar refractivity (Wildman–Crippen MR) is 145 cm³/mol. The third kappa shape index (κ3) is 4.46. The van der Waals surface area contributed by atoms with Crippen LogP contribution in [0.4, 0.5) is 10.7 Å². The van der Waals surface area contributed by atoms with Crippen LogP contribution in [-0.2, 0) is 27.6 Å². The van der Waals surface area contributed by atoms with E-state index in [1.165, 1.54) is 42.6 Å². The lowest BCUT2D eigenvalue weighted by atomic mass is 9.53. The molecule has 1 aromatic heterocycles. The van der Waals surface area contributed by atoms with Crippen LogP contribution in [0.25, 0.3) is 0 Å². The molecule has 192 valence electrons. The fourth-order valence-corrected chi connectivity index (χ4v) is 10.4. The molecule has 0 aliphatic heterocycles. The molecule has 4 bridgehead atoms. The van der Waals surface area contributed by atoms with Crippen LogP contribution in [-0.4, -0.2) is 32.1 Å². The van der Waals surface area contributed by atoms with E-state index in [1.807, 2.05) is 0 Å². The number of ether oxygens (including phenoxy) is 1. The Bertz CT molecular complexity index is 1280. The Labute approximate surface area is 221 Å². The Hall–Kier alpha value is -2.01. The number of aryl methyl sites for hydroxylation is 1. The van der Waals surface area contributed by atoms with Crippen LogP contribution in [0.2, 0.25) is 0 Å². The molecule has 0 radical (unpaired) electrons.